The molecule has 0 saturated carbocycles. The number of aromatic nitrogens is 5. The van der Waals surface area contributed by atoms with Crippen molar-refractivity contribution < 1.29 is 4.57 Å². The quantitative estimate of drug-likeness (QED) is 0.397. The van der Waals surface area contributed by atoms with Crippen molar-refractivity contribution in [3.63, 3.8) is 0 Å². The first-order chi connectivity index (χ1) is 9.84. The molecule has 5 rings (SSSR count). The molecule has 0 unspecified atom stereocenters. The third-order valence-corrected chi connectivity index (χ3v) is 4.12. The largest absolute Gasteiger partial charge is 0.275 e. The van der Waals surface area contributed by atoms with E-state index in [4.69, 9.17) is 0 Å². The fraction of sp³-hybridized carbons (Fsp3) is 0.133. The first-order valence-corrected chi connectivity index (χ1v) is 6.63. The summed E-state index contributed by atoms with van der Waals surface area (Å²) in [6, 6.07) is 8.24. The van der Waals surface area contributed by atoms with Crippen LogP contribution in [-0.2, 0) is 13.6 Å². The average molecular weight is 262 g/mol. The van der Waals surface area contributed by atoms with Gasteiger partial charge in [-0.05, 0) is 12.1 Å². The molecule has 0 aromatic carbocycles. The summed E-state index contributed by atoms with van der Waals surface area (Å²) in [5.41, 5.74) is 5.72. The molecule has 0 saturated heterocycles. The Morgan fingerprint density at radius 3 is 3.05 bits per heavy atom. The van der Waals surface area contributed by atoms with Crippen molar-refractivity contribution in [3.8, 4) is 11.5 Å². The Morgan fingerprint density at radius 2 is 2.10 bits per heavy atom. The summed E-state index contributed by atoms with van der Waals surface area (Å²) < 4.78 is 6.68. The van der Waals surface area contributed by atoms with Gasteiger partial charge in [0.25, 0.3) is 11.5 Å². The van der Waals surface area contributed by atoms with Crippen LogP contribution in [0.25, 0.3) is 28.3 Å². The Morgan fingerprint density at radius 1 is 1.20 bits per heavy atom. The molecule has 0 fully saturated rings. The van der Waals surface area contributed by atoms with E-state index in [1.165, 1.54) is 22.6 Å². The lowest BCUT2D eigenvalue weighted by molar-refractivity contribution is -0.648. The second kappa shape index (κ2) is 3.25. The Balaban J connectivity index is 1.99. The molecule has 1 aliphatic rings. The number of rotatable bonds is 0. The maximum absolute atomic E-state index is 4.55. The number of nitrogens with zero attached hydrogens (tertiary/aromatic N) is 5. The van der Waals surface area contributed by atoms with E-state index in [-0.39, 0.29) is 0 Å². The second-order valence-electron chi connectivity index (χ2n) is 5.18. The lowest BCUT2D eigenvalue weighted by Gasteiger charge is -1.95. The zero-order valence-corrected chi connectivity index (χ0v) is 11.0. The molecule has 0 spiro atoms. The van der Waals surface area contributed by atoms with Crippen molar-refractivity contribution in [2.45, 2.75) is 6.54 Å². The monoisotopic (exact) mass is 262 g/mol. The highest BCUT2D eigenvalue weighted by Crippen LogP contribution is 2.29. The van der Waals surface area contributed by atoms with Gasteiger partial charge in [0.2, 0.25) is 0 Å². The predicted molar refractivity (Wildman–Crippen MR) is 74.2 cm³/mol. The summed E-state index contributed by atoms with van der Waals surface area (Å²) in [7, 11) is 2.09. The summed E-state index contributed by atoms with van der Waals surface area (Å²) >= 11 is 0. The number of imidazole rings is 1. The van der Waals surface area contributed by atoms with Crippen LogP contribution in [0.3, 0.4) is 0 Å². The summed E-state index contributed by atoms with van der Waals surface area (Å²) in [4.78, 5) is 8.98. The van der Waals surface area contributed by atoms with E-state index >= 15 is 0 Å². The Hall–Kier alpha value is -2.69. The zero-order chi connectivity index (χ0) is 13.3. The Kier molecular flexibility index (Phi) is 1.65. The van der Waals surface area contributed by atoms with Gasteiger partial charge in [0.1, 0.15) is 5.69 Å². The summed E-state index contributed by atoms with van der Waals surface area (Å²) in [5, 5.41) is 0. The molecule has 96 valence electrons. The molecular formula is C15H12N5+. The fourth-order valence-corrected chi connectivity index (χ4v) is 3.26. The number of fused-ring (bicyclic) bond motifs is 7. The van der Waals surface area contributed by atoms with Crippen molar-refractivity contribution in [1.29, 1.82) is 0 Å². The maximum atomic E-state index is 4.55. The van der Waals surface area contributed by atoms with E-state index in [9.17, 15) is 0 Å². The SMILES string of the molecule is Cn1c2[n+](c3c1cc1ncccn13)Cc1cccnc1-2. The van der Waals surface area contributed by atoms with Crippen LogP contribution < -0.4 is 4.57 Å². The highest BCUT2D eigenvalue weighted by atomic mass is 15.2. The van der Waals surface area contributed by atoms with Crippen molar-refractivity contribution >= 4 is 16.8 Å². The standard InChI is InChI=1S/C15H12N5/c1-18-11-8-12-16-6-3-7-19(12)14(11)20-9-10-4-2-5-17-13(10)15(18)20/h2-8H,9H2,1H3/q+1. The molecule has 1 aliphatic heterocycles. The van der Waals surface area contributed by atoms with Gasteiger partial charge in [0.15, 0.2) is 11.2 Å². The molecule has 0 atom stereocenters. The van der Waals surface area contributed by atoms with Crippen LogP contribution in [0.4, 0.5) is 0 Å². The number of aryl methyl sites for hydroxylation is 1. The van der Waals surface area contributed by atoms with E-state index in [0.717, 1.165) is 17.9 Å². The van der Waals surface area contributed by atoms with Gasteiger partial charge in [0, 0.05) is 24.0 Å². The predicted octanol–water partition coefficient (Wildman–Crippen LogP) is 1.54. The van der Waals surface area contributed by atoms with E-state index in [0.29, 0.717) is 0 Å². The van der Waals surface area contributed by atoms with Crippen molar-refractivity contribution in [3.05, 3.63) is 48.4 Å². The van der Waals surface area contributed by atoms with Crippen LogP contribution in [0, 0.1) is 0 Å². The molecule has 0 radical (unpaired) electrons. The van der Waals surface area contributed by atoms with Gasteiger partial charge in [-0.1, -0.05) is 6.07 Å². The number of pyridine rings is 1. The van der Waals surface area contributed by atoms with Gasteiger partial charge in [-0.15, -0.1) is 0 Å². The van der Waals surface area contributed by atoms with E-state index in [1.54, 1.807) is 0 Å². The molecule has 5 nitrogen and oxygen atoms in total. The molecule has 4 aromatic heterocycles. The lowest BCUT2D eigenvalue weighted by atomic mass is 10.2. The second-order valence-corrected chi connectivity index (χ2v) is 5.18. The Bertz CT molecular complexity index is 992. The average Bonchev–Trinajstić information content (AvgIpc) is 3.10. The first kappa shape index (κ1) is 10.1. The van der Waals surface area contributed by atoms with Crippen molar-refractivity contribution in [2.24, 2.45) is 7.05 Å². The molecule has 20 heavy (non-hydrogen) atoms. The minimum Gasteiger partial charge on any atom is -0.255 e. The topological polar surface area (TPSA) is 39.0 Å². The molecule has 0 bridgehead atoms. The lowest BCUT2D eigenvalue weighted by Crippen LogP contribution is -2.32. The van der Waals surface area contributed by atoms with Crippen LogP contribution in [0.5, 0.6) is 0 Å². The van der Waals surface area contributed by atoms with Crippen LogP contribution in [0.15, 0.2) is 42.9 Å². The minimum atomic E-state index is 0.872. The normalized spacial score (nSPS) is 13.1. The van der Waals surface area contributed by atoms with E-state index in [1.807, 2.05) is 24.5 Å². The van der Waals surface area contributed by atoms with Crippen LogP contribution in [-0.4, -0.2) is 18.9 Å². The summed E-state index contributed by atoms with van der Waals surface area (Å²) in [6.07, 6.45) is 5.75. The highest BCUT2D eigenvalue weighted by molar-refractivity contribution is 5.80. The summed E-state index contributed by atoms with van der Waals surface area (Å²) in [6.45, 7) is 0.872. The third kappa shape index (κ3) is 1.02. The zero-order valence-electron chi connectivity index (χ0n) is 11.0. The van der Waals surface area contributed by atoms with Crippen LogP contribution in [0.1, 0.15) is 5.56 Å². The number of hydrogen-bond donors (Lipinski definition) is 0. The maximum Gasteiger partial charge on any atom is 0.275 e. The third-order valence-electron chi connectivity index (χ3n) is 4.12. The van der Waals surface area contributed by atoms with Crippen LogP contribution in [0.2, 0.25) is 0 Å². The Labute approximate surface area is 114 Å². The van der Waals surface area contributed by atoms with Gasteiger partial charge < -0.3 is 0 Å². The van der Waals surface area contributed by atoms with Crippen LogP contribution >= 0.6 is 0 Å². The molecule has 0 amide bonds. The van der Waals surface area contributed by atoms with E-state index < -0.39 is 0 Å². The molecule has 5 heterocycles. The smallest absolute Gasteiger partial charge is 0.255 e. The van der Waals surface area contributed by atoms with Gasteiger partial charge in [-0.2, -0.15) is 0 Å². The number of hydrogen-bond acceptors (Lipinski definition) is 2. The fourth-order valence-electron chi connectivity index (χ4n) is 3.26. The first-order valence-electron chi connectivity index (χ1n) is 6.63. The molecule has 0 aliphatic carbocycles. The molecule has 4 aromatic rings. The van der Waals surface area contributed by atoms with E-state index in [2.05, 4.69) is 48.9 Å². The molecule has 0 N–H and O–H groups in total. The van der Waals surface area contributed by atoms with Crippen molar-refractivity contribution in [1.82, 2.24) is 18.9 Å². The van der Waals surface area contributed by atoms with Gasteiger partial charge in [0.05, 0.1) is 19.8 Å². The van der Waals surface area contributed by atoms with Gasteiger partial charge >= 0.3 is 0 Å². The van der Waals surface area contributed by atoms with Gasteiger partial charge in [-0.3, -0.25) is 4.57 Å². The highest BCUT2D eigenvalue weighted by Gasteiger charge is 2.33. The van der Waals surface area contributed by atoms with Gasteiger partial charge in [-0.25, -0.2) is 18.9 Å². The molecule has 5 heteroatoms. The minimum absolute atomic E-state index is 0.872. The van der Waals surface area contributed by atoms with Crippen molar-refractivity contribution in [2.75, 3.05) is 0 Å². The molecular weight excluding hydrogens is 250 g/mol. The summed E-state index contributed by atoms with van der Waals surface area (Å²) in [5.74, 6) is 1.17.